The van der Waals surface area contributed by atoms with Crippen LogP contribution in [0.3, 0.4) is 0 Å². The van der Waals surface area contributed by atoms with E-state index in [1.54, 1.807) is 55.9 Å². The average Bonchev–Trinajstić information content (AvgIpc) is 3.32. The van der Waals surface area contributed by atoms with Crippen LogP contribution in [0.15, 0.2) is 53.0 Å². The first kappa shape index (κ1) is 27.8. The Balaban J connectivity index is 1.59. The van der Waals surface area contributed by atoms with E-state index in [-0.39, 0.29) is 11.3 Å². The topological polar surface area (TPSA) is 118 Å². The zero-order chi connectivity index (χ0) is 27.3. The molecule has 0 aliphatic heterocycles. The lowest BCUT2D eigenvalue weighted by Crippen LogP contribution is -2.28. The van der Waals surface area contributed by atoms with Crippen molar-refractivity contribution in [2.24, 2.45) is 0 Å². The largest absolute Gasteiger partial charge is 0.492 e. The molecule has 8 nitrogen and oxygen atoms in total. The Hall–Kier alpha value is -3.24. The minimum atomic E-state index is -3.72. The predicted molar refractivity (Wildman–Crippen MR) is 152 cm³/mol. The maximum atomic E-state index is 13.6. The fraction of sp³-hybridized carbons (Fsp3) is 0.393. The van der Waals surface area contributed by atoms with E-state index in [1.165, 1.54) is 0 Å². The van der Waals surface area contributed by atoms with Crippen LogP contribution < -0.4 is 10.1 Å². The Morgan fingerprint density at radius 1 is 1.00 bits per heavy atom. The highest BCUT2D eigenvalue weighted by molar-refractivity contribution is 7.92. The summed E-state index contributed by atoms with van der Waals surface area (Å²) in [6, 6.07) is 11.1. The molecular weight excluding hydrogens is 522 g/mol. The number of aliphatic carboxylic acids is 1. The number of hydrogen-bond donors (Lipinski definition) is 2. The summed E-state index contributed by atoms with van der Waals surface area (Å²) in [6.07, 6.45) is 5.91. The molecule has 2 heterocycles. The van der Waals surface area contributed by atoms with Crippen LogP contribution in [0.4, 0.5) is 11.4 Å². The predicted octanol–water partition coefficient (Wildman–Crippen LogP) is 6.96. The van der Waals surface area contributed by atoms with Gasteiger partial charge in [0, 0.05) is 35.4 Å². The Bertz CT molecular complexity index is 1540. The van der Waals surface area contributed by atoms with Crippen LogP contribution in [0.5, 0.6) is 5.75 Å². The second-order valence-corrected chi connectivity index (χ2v) is 13.8. The first-order chi connectivity index (χ1) is 18.1. The summed E-state index contributed by atoms with van der Waals surface area (Å²) in [5.41, 5.74) is 4.91. The molecule has 0 radical (unpaired) electrons. The Morgan fingerprint density at radius 2 is 1.76 bits per heavy atom. The van der Waals surface area contributed by atoms with Gasteiger partial charge in [0.05, 0.1) is 32.6 Å². The minimum absolute atomic E-state index is 0.143. The summed E-state index contributed by atoms with van der Waals surface area (Å²) in [6.45, 7) is 5.40. The fourth-order valence-corrected chi connectivity index (χ4v) is 6.07. The number of sulfone groups is 1. The number of rotatable bonds is 12. The van der Waals surface area contributed by atoms with Crippen molar-refractivity contribution in [3.05, 3.63) is 48.1 Å². The third kappa shape index (κ3) is 6.42. The minimum Gasteiger partial charge on any atom is -0.492 e. The lowest BCUT2D eigenvalue weighted by Gasteiger charge is -2.22. The van der Waals surface area contributed by atoms with Crippen LogP contribution in [0.2, 0.25) is 0 Å². The van der Waals surface area contributed by atoms with Crippen LogP contribution in [0, 0.1) is 0 Å². The van der Waals surface area contributed by atoms with Crippen LogP contribution in [0.25, 0.3) is 21.1 Å². The van der Waals surface area contributed by atoms with E-state index >= 15 is 0 Å². The number of fused-ring (bicyclic) bond motifs is 2. The molecule has 0 saturated heterocycles. The molecule has 0 spiro atoms. The number of nitrogens with one attached hydrogen (secondary N) is 1. The summed E-state index contributed by atoms with van der Waals surface area (Å²) in [5.74, 6) is -0.475. The Kier molecular flexibility index (Phi) is 8.52. The van der Waals surface area contributed by atoms with Crippen molar-refractivity contribution in [2.45, 2.75) is 68.9 Å². The van der Waals surface area contributed by atoms with E-state index in [0.29, 0.717) is 29.7 Å². The molecule has 0 fully saturated rings. The van der Waals surface area contributed by atoms with Gasteiger partial charge < -0.3 is 15.2 Å². The fourth-order valence-electron chi connectivity index (χ4n) is 4.10. The molecule has 0 saturated carbocycles. The Labute approximate surface area is 227 Å². The number of aromatic nitrogens is 2. The molecule has 4 aromatic rings. The zero-order valence-electron chi connectivity index (χ0n) is 21.9. The van der Waals surface area contributed by atoms with E-state index in [1.807, 2.05) is 24.3 Å². The van der Waals surface area contributed by atoms with Gasteiger partial charge >= 0.3 is 5.97 Å². The number of carbonyl (C=O) groups is 1. The first-order valence-corrected chi connectivity index (χ1v) is 15.0. The molecule has 2 aromatic carbocycles. The van der Waals surface area contributed by atoms with Gasteiger partial charge in [-0.25, -0.2) is 13.4 Å². The van der Waals surface area contributed by atoms with Crippen molar-refractivity contribution < 1.29 is 23.1 Å². The smallest absolute Gasteiger partial charge is 0.303 e. The standard InChI is InChI=1S/C28H33N3O5S2/c1-28(2,3)38(34,35)26-16-20-21(31-19-10-11-25-23(15-19)30-18-37-25)12-13-29-22(20)17-24(26)36-14-8-6-4-5-7-9-27(32)33/h10-13,15-18H,4-9,14H2,1-3H3,(H,29,31)(H,32,33). The molecule has 0 aliphatic carbocycles. The lowest BCUT2D eigenvalue weighted by molar-refractivity contribution is -0.137. The molecular formula is C28H33N3O5S2. The lowest BCUT2D eigenvalue weighted by atomic mass is 10.1. The molecule has 0 atom stereocenters. The maximum absolute atomic E-state index is 13.6. The quantitative estimate of drug-likeness (QED) is 0.180. The van der Waals surface area contributed by atoms with Gasteiger partial charge in [0.25, 0.3) is 0 Å². The molecule has 38 heavy (non-hydrogen) atoms. The van der Waals surface area contributed by atoms with Gasteiger partial charge in [-0.05, 0) is 63.9 Å². The number of anilines is 2. The number of nitrogens with zero attached hydrogens (tertiary/aromatic N) is 2. The van der Waals surface area contributed by atoms with Gasteiger partial charge in [0.1, 0.15) is 10.6 Å². The van der Waals surface area contributed by atoms with Gasteiger partial charge in [-0.1, -0.05) is 19.3 Å². The van der Waals surface area contributed by atoms with Crippen LogP contribution in [0.1, 0.15) is 59.3 Å². The van der Waals surface area contributed by atoms with E-state index in [2.05, 4.69) is 15.3 Å². The van der Waals surface area contributed by atoms with Gasteiger partial charge in [0.15, 0.2) is 9.84 Å². The maximum Gasteiger partial charge on any atom is 0.303 e. The summed E-state index contributed by atoms with van der Waals surface area (Å²) in [7, 11) is -3.72. The average molecular weight is 556 g/mol. The molecule has 0 unspecified atom stereocenters. The summed E-state index contributed by atoms with van der Waals surface area (Å²) >= 11 is 1.58. The first-order valence-electron chi connectivity index (χ1n) is 12.7. The van der Waals surface area contributed by atoms with Crippen LogP contribution in [-0.4, -0.2) is 40.8 Å². The van der Waals surface area contributed by atoms with Crippen molar-refractivity contribution in [3.8, 4) is 5.75 Å². The van der Waals surface area contributed by atoms with Crippen LogP contribution in [-0.2, 0) is 14.6 Å². The third-order valence-electron chi connectivity index (χ3n) is 6.30. The van der Waals surface area contributed by atoms with Gasteiger partial charge in [-0.2, -0.15) is 0 Å². The number of thiazole rings is 1. The summed E-state index contributed by atoms with van der Waals surface area (Å²) < 4.78 is 33.3. The van der Waals surface area contributed by atoms with Crippen molar-refractivity contribution in [1.29, 1.82) is 0 Å². The second-order valence-electron chi connectivity index (χ2n) is 10.2. The summed E-state index contributed by atoms with van der Waals surface area (Å²) in [5, 5.41) is 12.8. The van der Waals surface area contributed by atoms with Crippen molar-refractivity contribution >= 4 is 59.6 Å². The normalized spacial score (nSPS) is 12.2. The molecule has 0 aliphatic rings. The number of carboxylic acid groups (broad SMARTS) is 1. The van der Waals surface area contributed by atoms with E-state index < -0.39 is 20.6 Å². The number of ether oxygens (including phenoxy) is 1. The van der Waals surface area contributed by atoms with Crippen LogP contribution >= 0.6 is 11.3 Å². The van der Waals surface area contributed by atoms with Crippen molar-refractivity contribution in [2.75, 3.05) is 11.9 Å². The number of carboxylic acids is 1. The summed E-state index contributed by atoms with van der Waals surface area (Å²) in [4.78, 5) is 19.6. The molecule has 4 rings (SSSR count). The number of benzene rings is 2. The molecule has 0 bridgehead atoms. The van der Waals surface area contributed by atoms with Gasteiger partial charge in [-0.3, -0.25) is 9.78 Å². The molecule has 0 amide bonds. The highest BCUT2D eigenvalue weighted by Crippen LogP contribution is 2.38. The van der Waals surface area contributed by atoms with Gasteiger partial charge in [0.2, 0.25) is 0 Å². The Morgan fingerprint density at radius 3 is 2.53 bits per heavy atom. The molecule has 202 valence electrons. The van der Waals surface area contributed by atoms with Gasteiger partial charge in [-0.15, -0.1) is 11.3 Å². The number of pyridine rings is 1. The number of hydrogen-bond acceptors (Lipinski definition) is 8. The molecule has 10 heteroatoms. The van der Waals surface area contributed by atoms with Crippen molar-refractivity contribution in [3.63, 3.8) is 0 Å². The monoisotopic (exact) mass is 555 g/mol. The van der Waals surface area contributed by atoms with E-state index in [0.717, 1.165) is 47.3 Å². The number of unbranched alkanes of at least 4 members (excludes halogenated alkanes) is 4. The molecule has 2 N–H and O–H groups in total. The highest BCUT2D eigenvalue weighted by atomic mass is 32.2. The van der Waals surface area contributed by atoms with Crippen molar-refractivity contribution in [1.82, 2.24) is 9.97 Å². The highest BCUT2D eigenvalue weighted by Gasteiger charge is 2.34. The second kappa shape index (κ2) is 11.7. The van der Waals surface area contributed by atoms with E-state index in [9.17, 15) is 13.2 Å². The molecule has 2 aromatic heterocycles. The van der Waals surface area contributed by atoms with E-state index in [4.69, 9.17) is 9.84 Å². The third-order valence-corrected chi connectivity index (χ3v) is 9.63. The zero-order valence-corrected chi connectivity index (χ0v) is 23.5. The SMILES string of the molecule is CC(C)(C)S(=O)(=O)c1cc2c(Nc3ccc4scnc4c3)ccnc2cc1OCCCCCCCC(=O)O.